The number of benzene rings is 1. The highest BCUT2D eigenvalue weighted by Crippen LogP contribution is 2.33. The lowest BCUT2D eigenvalue weighted by atomic mass is 10.1. The number of aryl methyl sites for hydroxylation is 1. The van der Waals surface area contributed by atoms with Gasteiger partial charge in [-0.05, 0) is 30.3 Å². The number of halogens is 3. The number of aromatic nitrogens is 3. The number of pyridine rings is 1. The van der Waals surface area contributed by atoms with E-state index in [2.05, 4.69) is 15.3 Å². The third-order valence-electron chi connectivity index (χ3n) is 3.75. The van der Waals surface area contributed by atoms with Crippen molar-refractivity contribution in [1.82, 2.24) is 14.5 Å². The van der Waals surface area contributed by atoms with Gasteiger partial charge < -0.3 is 9.88 Å². The first-order valence-corrected chi connectivity index (χ1v) is 9.56. The van der Waals surface area contributed by atoms with Crippen LogP contribution in [0.4, 0.5) is 24.7 Å². The maximum atomic E-state index is 12.9. The average molecular weight is 396 g/mol. The fourth-order valence-electron chi connectivity index (χ4n) is 2.44. The minimum atomic E-state index is -4.50. The predicted molar refractivity (Wildman–Crippen MR) is 94.3 cm³/mol. The molecular weight excluding hydrogens is 381 g/mol. The molecule has 3 aromatic rings. The Bertz CT molecular complexity index is 1090. The SMILES string of the molecule is Cn1cnc(-c2cc(S(C)(=O)=O)ccc2Nc2cc(C(F)(F)F)ccn2)c1. The number of rotatable bonds is 4. The Labute approximate surface area is 153 Å². The Morgan fingerprint density at radius 2 is 1.85 bits per heavy atom. The van der Waals surface area contributed by atoms with E-state index < -0.39 is 21.6 Å². The lowest BCUT2D eigenvalue weighted by Gasteiger charge is -2.13. The molecule has 0 saturated heterocycles. The van der Waals surface area contributed by atoms with Gasteiger partial charge in [0.2, 0.25) is 0 Å². The van der Waals surface area contributed by atoms with E-state index >= 15 is 0 Å². The van der Waals surface area contributed by atoms with E-state index in [1.165, 1.54) is 24.5 Å². The van der Waals surface area contributed by atoms with Crippen molar-refractivity contribution in [3.05, 3.63) is 54.6 Å². The number of alkyl halides is 3. The van der Waals surface area contributed by atoms with Gasteiger partial charge in [-0.3, -0.25) is 0 Å². The summed E-state index contributed by atoms with van der Waals surface area (Å²) in [6.45, 7) is 0. The lowest BCUT2D eigenvalue weighted by Crippen LogP contribution is -2.06. The predicted octanol–water partition coefficient (Wildman–Crippen LogP) is 3.65. The maximum Gasteiger partial charge on any atom is 0.416 e. The first kappa shape index (κ1) is 18.9. The van der Waals surface area contributed by atoms with Crippen LogP contribution in [-0.4, -0.2) is 29.2 Å². The van der Waals surface area contributed by atoms with Gasteiger partial charge in [0, 0.05) is 36.9 Å². The highest BCUT2D eigenvalue weighted by Gasteiger charge is 2.30. The summed E-state index contributed by atoms with van der Waals surface area (Å²) in [6.07, 6.45) is 0.840. The largest absolute Gasteiger partial charge is 0.416 e. The average Bonchev–Trinajstić information content (AvgIpc) is 3.00. The van der Waals surface area contributed by atoms with Crippen LogP contribution in [0.1, 0.15) is 5.56 Å². The van der Waals surface area contributed by atoms with E-state index in [1.807, 2.05) is 0 Å². The van der Waals surface area contributed by atoms with E-state index in [9.17, 15) is 21.6 Å². The summed E-state index contributed by atoms with van der Waals surface area (Å²) >= 11 is 0. The zero-order valence-electron chi connectivity index (χ0n) is 14.3. The molecule has 0 fully saturated rings. The summed E-state index contributed by atoms with van der Waals surface area (Å²) in [6, 6.07) is 6.03. The molecule has 2 heterocycles. The van der Waals surface area contributed by atoms with Crippen molar-refractivity contribution >= 4 is 21.3 Å². The van der Waals surface area contributed by atoms with Crippen molar-refractivity contribution in [2.75, 3.05) is 11.6 Å². The van der Waals surface area contributed by atoms with E-state index in [0.717, 1.165) is 24.6 Å². The van der Waals surface area contributed by atoms with Gasteiger partial charge in [-0.2, -0.15) is 13.2 Å². The van der Waals surface area contributed by atoms with Gasteiger partial charge in [0.1, 0.15) is 5.82 Å². The second kappa shape index (κ2) is 6.69. The van der Waals surface area contributed by atoms with Gasteiger partial charge in [0.25, 0.3) is 0 Å². The van der Waals surface area contributed by atoms with Gasteiger partial charge in [-0.25, -0.2) is 18.4 Å². The minimum absolute atomic E-state index is 0.0193. The molecular formula is C17H15F3N4O2S. The van der Waals surface area contributed by atoms with Crippen molar-refractivity contribution < 1.29 is 21.6 Å². The second-order valence-electron chi connectivity index (χ2n) is 5.96. The molecule has 0 radical (unpaired) electrons. The number of hydrogen-bond acceptors (Lipinski definition) is 5. The highest BCUT2D eigenvalue weighted by molar-refractivity contribution is 7.90. The smallest absolute Gasteiger partial charge is 0.340 e. The Morgan fingerprint density at radius 1 is 1.11 bits per heavy atom. The van der Waals surface area contributed by atoms with Crippen molar-refractivity contribution in [3.8, 4) is 11.3 Å². The molecule has 0 aliphatic carbocycles. The number of anilines is 2. The Morgan fingerprint density at radius 3 is 2.44 bits per heavy atom. The summed E-state index contributed by atoms with van der Waals surface area (Å²) in [7, 11) is -1.72. The quantitative estimate of drug-likeness (QED) is 0.729. The van der Waals surface area contributed by atoms with Crippen LogP contribution in [0.25, 0.3) is 11.3 Å². The highest BCUT2D eigenvalue weighted by atomic mass is 32.2. The topological polar surface area (TPSA) is 76.9 Å². The number of nitrogens with one attached hydrogen (secondary N) is 1. The van der Waals surface area contributed by atoms with Crippen LogP contribution in [0.5, 0.6) is 0 Å². The summed E-state index contributed by atoms with van der Waals surface area (Å²) in [5, 5.41) is 2.82. The molecule has 10 heteroatoms. The summed E-state index contributed by atoms with van der Waals surface area (Å²) in [5.41, 5.74) is 0.440. The van der Waals surface area contributed by atoms with Gasteiger partial charge in [-0.1, -0.05) is 0 Å². The molecule has 0 atom stereocenters. The molecule has 142 valence electrons. The molecule has 6 nitrogen and oxygen atoms in total. The van der Waals surface area contributed by atoms with Gasteiger partial charge in [0.05, 0.1) is 22.5 Å². The van der Waals surface area contributed by atoms with Crippen LogP contribution in [0.3, 0.4) is 0 Å². The molecule has 0 bridgehead atoms. The summed E-state index contributed by atoms with van der Waals surface area (Å²) in [4.78, 5) is 8.18. The maximum absolute atomic E-state index is 12.9. The molecule has 0 amide bonds. The first-order valence-electron chi connectivity index (χ1n) is 7.67. The van der Waals surface area contributed by atoms with Crippen LogP contribution in [0.2, 0.25) is 0 Å². The standard InChI is InChI=1S/C17H15F3N4O2S/c1-24-9-15(22-10-24)13-8-12(27(2,25)26)3-4-14(13)23-16-7-11(5-6-21-16)17(18,19)20/h3-10H,1-2H3,(H,21,23). The molecule has 2 aromatic heterocycles. The zero-order valence-corrected chi connectivity index (χ0v) is 15.1. The molecule has 0 saturated carbocycles. The van der Waals surface area contributed by atoms with Crippen molar-refractivity contribution in [3.63, 3.8) is 0 Å². The second-order valence-corrected chi connectivity index (χ2v) is 7.97. The van der Waals surface area contributed by atoms with E-state index in [1.54, 1.807) is 17.8 Å². The minimum Gasteiger partial charge on any atom is -0.340 e. The Balaban J connectivity index is 2.08. The number of imidazole rings is 1. The zero-order chi connectivity index (χ0) is 19.8. The first-order chi connectivity index (χ1) is 12.5. The van der Waals surface area contributed by atoms with Gasteiger partial charge in [-0.15, -0.1) is 0 Å². The van der Waals surface area contributed by atoms with E-state index in [0.29, 0.717) is 16.9 Å². The monoisotopic (exact) mass is 396 g/mol. The molecule has 0 aliphatic rings. The summed E-state index contributed by atoms with van der Waals surface area (Å²) in [5.74, 6) is -0.0193. The van der Waals surface area contributed by atoms with Crippen LogP contribution < -0.4 is 5.32 Å². The van der Waals surface area contributed by atoms with Crippen molar-refractivity contribution in [2.45, 2.75) is 11.1 Å². The molecule has 0 unspecified atom stereocenters. The fourth-order valence-corrected chi connectivity index (χ4v) is 3.09. The van der Waals surface area contributed by atoms with Crippen molar-refractivity contribution in [2.24, 2.45) is 7.05 Å². The van der Waals surface area contributed by atoms with Gasteiger partial charge >= 0.3 is 6.18 Å². The van der Waals surface area contributed by atoms with Crippen molar-refractivity contribution in [1.29, 1.82) is 0 Å². The van der Waals surface area contributed by atoms with E-state index in [-0.39, 0.29) is 10.7 Å². The molecule has 0 aliphatic heterocycles. The molecule has 3 rings (SSSR count). The number of hydrogen-bond donors (Lipinski definition) is 1. The van der Waals surface area contributed by atoms with Crippen LogP contribution in [0, 0.1) is 0 Å². The summed E-state index contributed by atoms with van der Waals surface area (Å²) < 4.78 is 64.1. The fraction of sp³-hybridized carbons (Fsp3) is 0.176. The molecule has 27 heavy (non-hydrogen) atoms. The lowest BCUT2D eigenvalue weighted by molar-refractivity contribution is -0.137. The normalized spacial score (nSPS) is 12.2. The molecule has 1 N–H and O–H groups in total. The third kappa shape index (κ3) is 4.27. The molecule has 1 aromatic carbocycles. The number of sulfone groups is 1. The van der Waals surface area contributed by atoms with Gasteiger partial charge in [0.15, 0.2) is 9.84 Å². The Kier molecular flexibility index (Phi) is 4.68. The van der Waals surface area contributed by atoms with E-state index in [4.69, 9.17) is 0 Å². The molecule has 0 spiro atoms. The number of nitrogens with zero attached hydrogens (tertiary/aromatic N) is 3. The third-order valence-corrected chi connectivity index (χ3v) is 4.86. The Hall–Kier alpha value is -2.88. The van der Waals surface area contributed by atoms with Crippen LogP contribution in [-0.2, 0) is 23.1 Å². The van der Waals surface area contributed by atoms with Crippen LogP contribution in [0.15, 0.2) is 53.9 Å². The van der Waals surface area contributed by atoms with Crippen LogP contribution >= 0.6 is 0 Å².